The largest absolute Gasteiger partial charge is 0.383 e. The highest BCUT2D eigenvalue weighted by atomic mass is 32.1. The first kappa shape index (κ1) is 19.8. The van der Waals surface area contributed by atoms with Crippen LogP contribution in [-0.4, -0.2) is 36.1 Å². The van der Waals surface area contributed by atoms with Crippen molar-refractivity contribution in [2.24, 2.45) is 0 Å². The normalized spacial score (nSPS) is 11.2. The van der Waals surface area contributed by atoms with Gasteiger partial charge in [0, 0.05) is 36.1 Å². The molecule has 8 nitrogen and oxygen atoms in total. The summed E-state index contributed by atoms with van der Waals surface area (Å²) in [5.41, 5.74) is 1.13. The molecule has 2 N–H and O–H groups in total. The minimum atomic E-state index is -0.521. The Bertz CT molecular complexity index is 798. The van der Waals surface area contributed by atoms with Crippen molar-refractivity contribution in [1.82, 2.24) is 4.98 Å². The number of hydrogen-bond acceptors (Lipinski definition) is 7. The Labute approximate surface area is 155 Å². The smallest absolute Gasteiger partial charge is 0.293 e. The Morgan fingerprint density at radius 3 is 2.69 bits per heavy atom. The summed E-state index contributed by atoms with van der Waals surface area (Å²) < 4.78 is 4.92. The average Bonchev–Trinajstić information content (AvgIpc) is 3.04. The zero-order chi connectivity index (χ0) is 19.3. The van der Waals surface area contributed by atoms with Gasteiger partial charge in [0.15, 0.2) is 5.13 Å². The number of ether oxygens (including phenoxy) is 1. The van der Waals surface area contributed by atoms with Crippen molar-refractivity contribution in [3.05, 3.63) is 45.0 Å². The summed E-state index contributed by atoms with van der Waals surface area (Å²) in [6, 6.07) is 4.31. The summed E-state index contributed by atoms with van der Waals surface area (Å²) in [6.07, 6.45) is 0. The van der Waals surface area contributed by atoms with Gasteiger partial charge in [-0.25, -0.2) is 4.98 Å². The van der Waals surface area contributed by atoms with Gasteiger partial charge in [0.1, 0.15) is 5.69 Å². The second-order valence-corrected chi connectivity index (χ2v) is 7.51. The lowest BCUT2D eigenvalue weighted by atomic mass is 9.93. The van der Waals surface area contributed by atoms with Crippen LogP contribution in [0.25, 0.3) is 0 Å². The number of hydrogen-bond donors (Lipinski definition) is 2. The van der Waals surface area contributed by atoms with Gasteiger partial charge >= 0.3 is 0 Å². The van der Waals surface area contributed by atoms with Crippen LogP contribution in [0.5, 0.6) is 0 Å². The Hall–Kier alpha value is -2.52. The lowest BCUT2D eigenvalue weighted by molar-refractivity contribution is -0.384. The quantitative estimate of drug-likeness (QED) is 0.433. The van der Waals surface area contributed by atoms with E-state index in [0.717, 1.165) is 5.69 Å². The van der Waals surface area contributed by atoms with Gasteiger partial charge in [-0.1, -0.05) is 20.8 Å². The molecule has 0 fully saturated rings. The van der Waals surface area contributed by atoms with Gasteiger partial charge in [0.2, 0.25) is 0 Å². The molecule has 0 spiro atoms. The minimum Gasteiger partial charge on any atom is -0.383 e. The maximum atomic E-state index is 12.4. The zero-order valence-corrected chi connectivity index (χ0v) is 16.0. The molecule has 1 aromatic carbocycles. The van der Waals surface area contributed by atoms with Crippen molar-refractivity contribution >= 4 is 33.8 Å². The maximum Gasteiger partial charge on any atom is 0.293 e. The summed E-state index contributed by atoms with van der Waals surface area (Å²) in [5.74, 6) is -0.439. The third-order valence-electron chi connectivity index (χ3n) is 3.57. The highest BCUT2D eigenvalue weighted by molar-refractivity contribution is 7.14. The molecule has 0 aliphatic carbocycles. The fraction of sp³-hybridized carbons (Fsp3) is 0.412. The molecular formula is C17H22N4O4S. The fourth-order valence-electron chi connectivity index (χ4n) is 2.11. The van der Waals surface area contributed by atoms with E-state index in [9.17, 15) is 14.9 Å². The number of carbonyl (C=O) groups excluding carboxylic acids is 1. The molecule has 0 aliphatic rings. The number of nitrogens with zero attached hydrogens (tertiary/aromatic N) is 2. The third-order valence-corrected chi connectivity index (χ3v) is 4.33. The number of nitrogens with one attached hydrogen (secondary N) is 2. The number of anilines is 2. The topological polar surface area (TPSA) is 106 Å². The van der Waals surface area contributed by atoms with Crippen LogP contribution in [0.15, 0.2) is 23.6 Å². The van der Waals surface area contributed by atoms with Gasteiger partial charge in [-0.3, -0.25) is 20.2 Å². The molecule has 1 amide bonds. The molecule has 2 rings (SSSR count). The maximum absolute atomic E-state index is 12.4. The number of rotatable bonds is 7. The standard InChI is InChI=1S/C17H22N4O4S/c1-17(2,3)14-10-26-16(19-14)20-15(22)11-5-6-12(18-7-8-25-4)13(9-11)21(23)24/h5-6,9-10,18H,7-8H2,1-4H3,(H,19,20,22). The van der Waals surface area contributed by atoms with E-state index in [1.54, 1.807) is 7.11 Å². The summed E-state index contributed by atoms with van der Waals surface area (Å²) >= 11 is 1.32. The van der Waals surface area contributed by atoms with Crippen LogP contribution in [0.2, 0.25) is 0 Å². The number of carbonyl (C=O) groups is 1. The van der Waals surface area contributed by atoms with Gasteiger partial charge in [-0.2, -0.15) is 0 Å². The van der Waals surface area contributed by atoms with E-state index in [0.29, 0.717) is 24.0 Å². The van der Waals surface area contributed by atoms with Crippen molar-refractivity contribution in [2.75, 3.05) is 30.9 Å². The minimum absolute atomic E-state index is 0.117. The van der Waals surface area contributed by atoms with Gasteiger partial charge in [0.25, 0.3) is 11.6 Å². The molecule has 140 valence electrons. The van der Waals surface area contributed by atoms with Crippen molar-refractivity contribution in [2.45, 2.75) is 26.2 Å². The Balaban J connectivity index is 2.17. The second-order valence-electron chi connectivity index (χ2n) is 6.65. The third kappa shape index (κ3) is 4.99. The molecular weight excluding hydrogens is 356 g/mol. The molecule has 0 radical (unpaired) electrons. The molecule has 0 atom stereocenters. The molecule has 0 unspecified atom stereocenters. The summed E-state index contributed by atoms with van der Waals surface area (Å²) in [5, 5.41) is 19.3. The van der Waals surface area contributed by atoms with E-state index < -0.39 is 10.8 Å². The molecule has 9 heteroatoms. The lowest BCUT2D eigenvalue weighted by Gasteiger charge is -2.14. The molecule has 1 heterocycles. The van der Waals surface area contributed by atoms with Gasteiger partial charge in [-0.15, -0.1) is 11.3 Å². The van der Waals surface area contributed by atoms with Crippen LogP contribution in [0.4, 0.5) is 16.5 Å². The van der Waals surface area contributed by atoms with Crippen LogP contribution in [-0.2, 0) is 10.2 Å². The molecule has 0 aliphatic heterocycles. The predicted molar refractivity (Wildman–Crippen MR) is 102 cm³/mol. The molecule has 1 aromatic heterocycles. The molecule has 2 aromatic rings. The van der Waals surface area contributed by atoms with E-state index >= 15 is 0 Å². The number of methoxy groups -OCH3 is 1. The van der Waals surface area contributed by atoms with Gasteiger partial charge < -0.3 is 10.1 Å². The number of aromatic nitrogens is 1. The second kappa shape index (κ2) is 8.24. The van der Waals surface area contributed by atoms with Crippen LogP contribution in [0.1, 0.15) is 36.8 Å². The Morgan fingerprint density at radius 1 is 1.38 bits per heavy atom. The van der Waals surface area contributed by atoms with Crippen LogP contribution >= 0.6 is 11.3 Å². The van der Waals surface area contributed by atoms with Gasteiger partial charge in [-0.05, 0) is 12.1 Å². The van der Waals surface area contributed by atoms with E-state index in [2.05, 4.69) is 15.6 Å². The molecule has 0 saturated carbocycles. The first-order valence-electron chi connectivity index (χ1n) is 8.01. The van der Waals surface area contributed by atoms with Crippen LogP contribution < -0.4 is 10.6 Å². The average molecular weight is 378 g/mol. The predicted octanol–water partition coefficient (Wildman–Crippen LogP) is 3.66. The molecule has 0 saturated heterocycles. The Morgan fingerprint density at radius 2 is 2.12 bits per heavy atom. The number of benzene rings is 1. The van der Waals surface area contributed by atoms with E-state index in [-0.39, 0.29) is 16.7 Å². The number of nitro groups is 1. The number of nitro benzene ring substituents is 1. The summed E-state index contributed by atoms with van der Waals surface area (Å²) in [7, 11) is 1.55. The van der Waals surface area contributed by atoms with Crippen molar-refractivity contribution in [1.29, 1.82) is 0 Å². The van der Waals surface area contributed by atoms with Crippen molar-refractivity contribution < 1.29 is 14.5 Å². The lowest BCUT2D eigenvalue weighted by Crippen LogP contribution is -2.15. The van der Waals surface area contributed by atoms with E-state index in [1.807, 2.05) is 26.2 Å². The molecule has 26 heavy (non-hydrogen) atoms. The van der Waals surface area contributed by atoms with Crippen LogP contribution in [0.3, 0.4) is 0 Å². The SMILES string of the molecule is COCCNc1ccc(C(=O)Nc2nc(C(C)(C)C)cs2)cc1[N+](=O)[O-]. The first-order chi connectivity index (χ1) is 12.2. The van der Waals surface area contributed by atoms with E-state index in [4.69, 9.17) is 4.74 Å². The van der Waals surface area contributed by atoms with Crippen molar-refractivity contribution in [3.8, 4) is 0 Å². The first-order valence-corrected chi connectivity index (χ1v) is 8.89. The highest BCUT2D eigenvalue weighted by Gasteiger charge is 2.20. The monoisotopic (exact) mass is 378 g/mol. The van der Waals surface area contributed by atoms with E-state index in [1.165, 1.54) is 29.5 Å². The Kier molecular flexibility index (Phi) is 6.27. The summed E-state index contributed by atoms with van der Waals surface area (Å²) in [6.45, 7) is 6.95. The fourth-order valence-corrected chi connectivity index (χ4v) is 3.04. The molecule has 0 bridgehead atoms. The van der Waals surface area contributed by atoms with Crippen LogP contribution in [0, 0.1) is 10.1 Å². The highest BCUT2D eigenvalue weighted by Crippen LogP contribution is 2.28. The zero-order valence-electron chi connectivity index (χ0n) is 15.2. The van der Waals surface area contributed by atoms with Gasteiger partial charge in [0.05, 0.1) is 17.2 Å². The number of thiazole rings is 1. The van der Waals surface area contributed by atoms with Crippen molar-refractivity contribution in [3.63, 3.8) is 0 Å². The summed E-state index contributed by atoms with van der Waals surface area (Å²) in [4.78, 5) is 27.6. The number of amides is 1.